The fraction of sp³-hybridized carbons (Fsp3) is 0.333. The summed E-state index contributed by atoms with van der Waals surface area (Å²) in [5, 5.41) is 5.36. The Morgan fingerprint density at radius 3 is 2.53 bits per heavy atom. The minimum atomic E-state index is 0.394. The molecule has 0 radical (unpaired) electrons. The van der Waals surface area contributed by atoms with Gasteiger partial charge in [-0.1, -0.05) is 29.8 Å². The predicted molar refractivity (Wildman–Crippen MR) is 125 cm³/mol. The summed E-state index contributed by atoms with van der Waals surface area (Å²) in [6, 6.07) is 14.0. The van der Waals surface area contributed by atoms with Crippen LogP contribution in [-0.2, 0) is 0 Å². The highest BCUT2D eigenvalue weighted by molar-refractivity contribution is 6.30. The van der Waals surface area contributed by atoms with Crippen LogP contribution in [-0.4, -0.2) is 29.7 Å². The Bertz CT molecular complexity index is 1030. The number of hydrogen-bond donors (Lipinski definition) is 2. The zero-order valence-electron chi connectivity index (χ0n) is 17.1. The van der Waals surface area contributed by atoms with Crippen molar-refractivity contribution in [3.05, 3.63) is 58.9 Å². The summed E-state index contributed by atoms with van der Waals surface area (Å²) in [4.78, 5) is 9.55. The SMILES string of the molecule is COc1ccc2nc(C=Cc3ccc(Cl)cc3)nc(NC3CCC(CN)CC3)c2c1. The molecule has 156 valence electrons. The van der Waals surface area contributed by atoms with Crippen molar-refractivity contribution in [1.82, 2.24) is 9.97 Å². The van der Waals surface area contributed by atoms with E-state index in [0.29, 0.717) is 17.8 Å². The van der Waals surface area contributed by atoms with Crippen molar-refractivity contribution in [2.24, 2.45) is 11.7 Å². The maximum absolute atomic E-state index is 5.98. The topological polar surface area (TPSA) is 73.1 Å². The molecule has 1 aliphatic rings. The molecule has 6 heteroatoms. The third-order valence-electron chi connectivity index (χ3n) is 5.74. The minimum Gasteiger partial charge on any atom is -0.497 e. The minimum absolute atomic E-state index is 0.394. The average Bonchev–Trinajstić information content (AvgIpc) is 2.79. The zero-order valence-corrected chi connectivity index (χ0v) is 17.9. The lowest BCUT2D eigenvalue weighted by Gasteiger charge is -2.29. The third kappa shape index (κ3) is 4.91. The second kappa shape index (κ2) is 9.45. The Morgan fingerprint density at radius 1 is 1.07 bits per heavy atom. The maximum atomic E-state index is 5.98. The number of ether oxygens (including phenoxy) is 1. The molecule has 3 N–H and O–H groups in total. The molecule has 0 unspecified atom stereocenters. The number of nitrogens with two attached hydrogens (primary N) is 1. The third-order valence-corrected chi connectivity index (χ3v) is 5.99. The molecule has 30 heavy (non-hydrogen) atoms. The number of nitrogens with one attached hydrogen (secondary N) is 1. The van der Waals surface area contributed by atoms with E-state index in [1.54, 1.807) is 7.11 Å². The van der Waals surface area contributed by atoms with Gasteiger partial charge in [-0.3, -0.25) is 0 Å². The van der Waals surface area contributed by atoms with Gasteiger partial charge in [-0.05, 0) is 80.1 Å². The number of aromatic nitrogens is 2. The van der Waals surface area contributed by atoms with Crippen molar-refractivity contribution in [3.63, 3.8) is 0 Å². The van der Waals surface area contributed by atoms with Gasteiger partial charge in [-0.2, -0.15) is 0 Å². The van der Waals surface area contributed by atoms with Gasteiger partial charge in [0, 0.05) is 16.5 Å². The molecule has 1 aliphatic carbocycles. The largest absolute Gasteiger partial charge is 0.497 e. The van der Waals surface area contributed by atoms with E-state index in [0.717, 1.165) is 65.3 Å². The molecule has 2 aromatic carbocycles. The fourth-order valence-corrected chi connectivity index (χ4v) is 4.04. The second-order valence-electron chi connectivity index (χ2n) is 7.80. The van der Waals surface area contributed by atoms with Crippen LogP contribution < -0.4 is 15.8 Å². The van der Waals surface area contributed by atoms with Gasteiger partial charge in [0.05, 0.1) is 12.6 Å². The molecule has 5 nitrogen and oxygen atoms in total. The van der Waals surface area contributed by atoms with E-state index >= 15 is 0 Å². The van der Waals surface area contributed by atoms with E-state index in [9.17, 15) is 0 Å². The molecule has 1 fully saturated rings. The summed E-state index contributed by atoms with van der Waals surface area (Å²) in [5.74, 6) is 2.96. The van der Waals surface area contributed by atoms with Gasteiger partial charge in [0.25, 0.3) is 0 Å². The Morgan fingerprint density at radius 2 is 1.83 bits per heavy atom. The molecule has 0 aliphatic heterocycles. The Labute approximate surface area is 182 Å². The van der Waals surface area contributed by atoms with E-state index in [1.807, 2.05) is 54.6 Å². The van der Waals surface area contributed by atoms with Crippen molar-refractivity contribution in [2.75, 3.05) is 19.0 Å². The molecule has 0 spiro atoms. The first-order valence-electron chi connectivity index (χ1n) is 10.4. The quantitative estimate of drug-likeness (QED) is 0.557. The molecule has 0 saturated heterocycles. The number of anilines is 1. The number of methoxy groups -OCH3 is 1. The van der Waals surface area contributed by atoms with Crippen molar-refractivity contribution in [1.29, 1.82) is 0 Å². The van der Waals surface area contributed by atoms with Crippen LogP contribution in [0.15, 0.2) is 42.5 Å². The van der Waals surface area contributed by atoms with Crippen molar-refractivity contribution >= 4 is 40.5 Å². The number of nitrogens with zero attached hydrogens (tertiary/aromatic N) is 2. The normalized spacial score (nSPS) is 19.3. The molecule has 0 atom stereocenters. The summed E-state index contributed by atoms with van der Waals surface area (Å²) >= 11 is 5.98. The standard InChI is InChI=1S/C24H27ClN4O/c1-30-20-11-12-22-21(14-20)24(27-19-9-4-17(15-26)5-10-19)29-23(28-22)13-6-16-2-7-18(25)8-3-16/h2-3,6-8,11-14,17,19H,4-5,9-10,15,26H2,1H3,(H,27,28,29). The molecular weight excluding hydrogens is 396 g/mol. The Kier molecular flexibility index (Phi) is 6.50. The smallest absolute Gasteiger partial charge is 0.154 e. The summed E-state index contributed by atoms with van der Waals surface area (Å²) in [5.41, 5.74) is 7.78. The lowest BCUT2D eigenvalue weighted by molar-refractivity contribution is 0.344. The van der Waals surface area contributed by atoms with Crippen molar-refractivity contribution < 1.29 is 4.74 Å². The number of halogens is 1. The first-order chi connectivity index (χ1) is 14.6. The van der Waals surface area contributed by atoms with Crippen molar-refractivity contribution in [3.8, 4) is 5.75 Å². The lowest BCUT2D eigenvalue weighted by atomic mass is 9.86. The van der Waals surface area contributed by atoms with E-state index in [-0.39, 0.29) is 0 Å². The van der Waals surface area contributed by atoms with Gasteiger partial charge in [0.1, 0.15) is 11.6 Å². The average molecular weight is 423 g/mol. The number of benzene rings is 2. The number of fused-ring (bicyclic) bond motifs is 1. The van der Waals surface area contributed by atoms with Crippen LogP contribution >= 0.6 is 11.6 Å². The fourth-order valence-electron chi connectivity index (χ4n) is 3.92. The highest BCUT2D eigenvalue weighted by Gasteiger charge is 2.21. The van der Waals surface area contributed by atoms with E-state index in [2.05, 4.69) is 5.32 Å². The van der Waals surface area contributed by atoms with Gasteiger partial charge >= 0.3 is 0 Å². The first-order valence-corrected chi connectivity index (χ1v) is 10.8. The molecule has 3 aromatic rings. The zero-order chi connectivity index (χ0) is 20.9. The Hall–Kier alpha value is -2.63. The monoisotopic (exact) mass is 422 g/mol. The van der Waals surface area contributed by atoms with Gasteiger partial charge in [-0.15, -0.1) is 0 Å². The summed E-state index contributed by atoms with van der Waals surface area (Å²) in [7, 11) is 1.67. The maximum Gasteiger partial charge on any atom is 0.154 e. The van der Waals surface area contributed by atoms with Crippen LogP contribution in [0, 0.1) is 5.92 Å². The van der Waals surface area contributed by atoms with E-state index in [1.165, 1.54) is 0 Å². The van der Waals surface area contributed by atoms with Crippen LogP contribution in [0.3, 0.4) is 0 Å². The summed E-state index contributed by atoms with van der Waals surface area (Å²) in [6.07, 6.45) is 8.45. The summed E-state index contributed by atoms with van der Waals surface area (Å²) in [6.45, 7) is 0.778. The van der Waals surface area contributed by atoms with Gasteiger partial charge in [0.2, 0.25) is 0 Å². The lowest BCUT2D eigenvalue weighted by Crippen LogP contribution is -2.29. The molecule has 1 heterocycles. The van der Waals surface area contributed by atoms with E-state index in [4.69, 9.17) is 32.0 Å². The van der Waals surface area contributed by atoms with Crippen LogP contribution in [0.2, 0.25) is 5.02 Å². The molecule has 4 rings (SSSR count). The van der Waals surface area contributed by atoms with Crippen LogP contribution in [0.25, 0.3) is 23.1 Å². The van der Waals surface area contributed by atoms with Crippen molar-refractivity contribution in [2.45, 2.75) is 31.7 Å². The Balaban J connectivity index is 1.64. The number of hydrogen-bond acceptors (Lipinski definition) is 5. The second-order valence-corrected chi connectivity index (χ2v) is 8.23. The molecule has 1 aromatic heterocycles. The summed E-state index contributed by atoms with van der Waals surface area (Å²) < 4.78 is 5.42. The highest BCUT2D eigenvalue weighted by Crippen LogP contribution is 2.30. The van der Waals surface area contributed by atoms with Gasteiger partial charge < -0.3 is 15.8 Å². The highest BCUT2D eigenvalue weighted by atomic mass is 35.5. The molecule has 1 saturated carbocycles. The van der Waals surface area contributed by atoms with Crippen LogP contribution in [0.5, 0.6) is 5.75 Å². The predicted octanol–water partition coefficient (Wildman–Crippen LogP) is 5.39. The number of rotatable bonds is 6. The van der Waals surface area contributed by atoms with E-state index < -0.39 is 0 Å². The molecule has 0 amide bonds. The first kappa shape index (κ1) is 20.6. The molecule has 0 bridgehead atoms. The van der Waals surface area contributed by atoms with Gasteiger partial charge in [-0.25, -0.2) is 9.97 Å². The van der Waals surface area contributed by atoms with Crippen LogP contribution in [0.1, 0.15) is 37.1 Å². The van der Waals surface area contributed by atoms with Crippen LogP contribution in [0.4, 0.5) is 5.82 Å². The van der Waals surface area contributed by atoms with Gasteiger partial charge in [0.15, 0.2) is 5.82 Å². The molecular formula is C24H27ClN4O.